The van der Waals surface area contributed by atoms with Crippen molar-refractivity contribution in [3.8, 4) is 11.3 Å². The smallest absolute Gasteiger partial charge is 0.253 e. The Hall–Kier alpha value is -2.14. The zero-order chi connectivity index (χ0) is 20.3. The normalized spacial score (nSPS) is 15.6. The number of carbonyl (C=O) groups excluding carboxylic acids is 1. The maximum absolute atomic E-state index is 12.5. The monoisotopic (exact) mass is 383 g/mol. The molecule has 3 rings (SSSR count). The molecule has 1 aromatic heterocycles. The average molecular weight is 384 g/mol. The lowest BCUT2D eigenvalue weighted by Gasteiger charge is -2.25. The molecule has 0 saturated carbocycles. The number of hydrogen-bond donors (Lipinski definition) is 0. The third-order valence-corrected chi connectivity index (χ3v) is 5.47. The first-order valence-corrected chi connectivity index (χ1v) is 10.3. The molecule has 0 spiro atoms. The molecule has 0 unspecified atom stereocenters. The van der Waals surface area contributed by atoms with Crippen LogP contribution in [0.25, 0.3) is 11.3 Å². The number of nitrogens with zero attached hydrogens (tertiary/aromatic N) is 3. The van der Waals surface area contributed by atoms with Crippen LogP contribution < -0.4 is 0 Å². The second-order valence-electron chi connectivity index (χ2n) is 8.81. The number of rotatable bonds is 5. The third kappa shape index (κ3) is 4.64. The van der Waals surface area contributed by atoms with E-state index in [4.69, 9.17) is 9.72 Å². The fraction of sp³-hybridized carbons (Fsp3) is 0.565. The molecule has 1 aromatic carbocycles. The van der Waals surface area contributed by atoms with Crippen LogP contribution in [0.2, 0.25) is 0 Å². The molecule has 0 radical (unpaired) electrons. The molecule has 5 heteroatoms. The van der Waals surface area contributed by atoms with E-state index in [1.54, 1.807) is 4.90 Å². The van der Waals surface area contributed by atoms with E-state index in [1.807, 2.05) is 38.2 Å². The van der Waals surface area contributed by atoms with Gasteiger partial charge in [0, 0.05) is 56.1 Å². The molecule has 0 aliphatic carbocycles. The van der Waals surface area contributed by atoms with Gasteiger partial charge in [0.05, 0.1) is 5.69 Å². The van der Waals surface area contributed by atoms with Crippen molar-refractivity contribution in [1.29, 1.82) is 0 Å². The van der Waals surface area contributed by atoms with E-state index < -0.39 is 0 Å². The number of amides is 1. The summed E-state index contributed by atoms with van der Waals surface area (Å²) >= 11 is 0. The van der Waals surface area contributed by atoms with Gasteiger partial charge in [-0.2, -0.15) is 0 Å². The molecule has 28 heavy (non-hydrogen) atoms. The van der Waals surface area contributed by atoms with Crippen LogP contribution in [0.4, 0.5) is 0 Å². The molecule has 2 aromatic rings. The molecular weight excluding hydrogens is 350 g/mol. The van der Waals surface area contributed by atoms with E-state index in [9.17, 15) is 4.79 Å². The van der Waals surface area contributed by atoms with Gasteiger partial charge in [0.1, 0.15) is 5.82 Å². The molecule has 0 N–H and O–H groups in total. The highest BCUT2D eigenvalue weighted by molar-refractivity contribution is 5.95. The number of hydrogen-bond acceptors (Lipinski definition) is 3. The maximum atomic E-state index is 12.5. The largest absolute Gasteiger partial charge is 0.381 e. The lowest BCUT2D eigenvalue weighted by atomic mass is 9.94. The molecule has 1 fully saturated rings. The Morgan fingerprint density at radius 3 is 2.64 bits per heavy atom. The Kier molecular flexibility index (Phi) is 6.23. The van der Waals surface area contributed by atoms with Gasteiger partial charge in [-0.3, -0.25) is 4.79 Å². The summed E-state index contributed by atoms with van der Waals surface area (Å²) in [4.78, 5) is 19.3. The number of benzene rings is 1. The zero-order valence-electron chi connectivity index (χ0n) is 17.9. The number of carbonyl (C=O) groups is 1. The summed E-state index contributed by atoms with van der Waals surface area (Å²) in [6.45, 7) is 12.0. The van der Waals surface area contributed by atoms with Crippen LogP contribution in [0.1, 0.15) is 56.7 Å². The second-order valence-corrected chi connectivity index (χ2v) is 8.81. The van der Waals surface area contributed by atoms with Crippen molar-refractivity contribution in [1.82, 2.24) is 14.5 Å². The van der Waals surface area contributed by atoms with Crippen LogP contribution in [0, 0.1) is 5.92 Å². The van der Waals surface area contributed by atoms with Gasteiger partial charge in [-0.1, -0.05) is 32.9 Å². The van der Waals surface area contributed by atoms with E-state index in [1.165, 1.54) is 0 Å². The molecule has 152 valence electrons. The van der Waals surface area contributed by atoms with Crippen molar-refractivity contribution < 1.29 is 9.53 Å². The van der Waals surface area contributed by atoms with Crippen LogP contribution in [0.5, 0.6) is 0 Å². The van der Waals surface area contributed by atoms with Crippen LogP contribution in [0.3, 0.4) is 0 Å². The van der Waals surface area contributed by atoms with Crippen LogP contribution in [-0.4, -0.2) is 47.2 Å². The molecule has 2 heterocycles. The molecule has 0 bridgehead atoms. The summed E-state index contributed by atoms with van der Waals surface area (Å²) in [5.41, 5.74) is 2.59. The summed E-state index contributed by atoms with van der Waals surface area (Å²) in [7, 11) is 1.83. The molecule has 1 aliphatic rings. The van der Waals surface area contributed by atoms with Gasteiger partial charge >= 0.3 is 0 Å². The predicted molar refractivity (Wildman–Crippen MR) is 113 cm³/mol. The summed E-state index contributed by atoms with van der Waals surface area (Å²) < 4.78 is 7.83. The van der Waals surface area contributed by atoms with E-state index in [-0.39, 0.29) is 11.3 Å². The SMILES string of the molecule is CCN(C)C(=O)c1cccc(-c2cn(CC3CCOCC3)c(C(C)(C)C)n2)c1. The van der Waals surface area contributed by atoms with Gasteiger partial charge in [0.2, 0.25) is 0 Å². The average Bonchev–Trinajstić information content (AvgIpc) is 3.12. The Balaban J connectivity index is 1.93. The first-order chi connectivity index (χ1) is 13.3. The van der Waals surface area contributed by atoms with Crippen molar-refractivity contribution in [3.05, 3.63) is 41.9 Å². The highest BCUT2D eigenvalue weighted by Crippen LogP contribution is 2.29. The maximum Gasteiger partial charge on any atom is 0.253 e. The van der Waals surface area contributed by atoms with Gasteiger partial charge < -0.3 is 14.2 Å². The zero-order valence-corrected chi connectivity index (χ0v) is 17.9. The van der Waals surface area contributed by atoms with Gasteiger partial charge in [-0.05, 0) is 37.8 Å². The van der Waals surface area contributed by atoms with Crippen molar-refractivity contribution in [2.45, 2.75) is 52.5 Å². The van der Waals surface area contributed by atoms with Crippen molar-refractivity contribution in [3.63, 3.8) is 0 Å². The highest BCUT2D eigenvalue weighted by atomic mass is 16.5. The fourth-order valence-corrected chi connectivity index (χ4v) is 3.68. The van der Waals surface area contributed by atoms with Crippen LogP contribution >= 0.6 is 0 Å². The Morgan fingerprint density at radius 2 is 2.00 bits per heavy atom. The number of aromatic nitrogens is 2. The van der Waals surface area contributed by atoms with Gasteiger partial charge in [-0.15, -0.1) is 0 Å². The summed E-state index contributed by atoms with van der Waals surface area (Å²) in [5.74, 6) is 1.77. The molecule has 1 amide bonds. The summed E-state index contributed by atoms with van der Waals surface area (Å²) in [5, 5.41) is 0. The summed E-state index contributed by atoms with van der Waals surface area (Å²) in [6.07, 6.45) is 4.36. The second kappa shape index (κ2) is 8.48. The standard InChI is InChI=1S/C23H33N3O2/c1-6-25(5)21(27)19-9-7-8-18(14-19)20-16-26(22(24-20)23(2,3)4)15-17-10-12-28-13-11-17/h7-9,14,16-17H,6,10-13,15H2,1-5H3. The van der Waals surface area contributed by atoms with Gasteiger partial charge in [0.15, 0.2) is 0 Å². The van der Waals surface area contributed by atoms with Gasteiger partial charge in [0.25, 0.3) is 5.91 Å². The number of ether oxygens (including phenoxy) is 1. The Bertz CT molecular complexity index is 813. The topological polar surface area (TPSA) is 47.4 Å². The molecule has 0 atom stereocenters. The molecule has 1 aliphatic heterocycles. The lowest BCUT2D eigenvalue weighted by molar-refractivity contribution is 0.0607. The predicted octanol–water partition coefficient (Wildman–Crippen LogP) is 4.37. The molecular formula is C23H33N3O2. The van der Waals surface area contributed by atoms with Crippen molar-refractivity contribution >= 4 is 5.91 Å². The minimum atomic E-state index is -0.0424. The van der Waals surface area contributed by atoms with E-state index >= 15 is 0 Å². The molecule has 1 saturated heterocycles. The Morgan fingerprint density at radius 1 is 1.29 bits per heavy atom. The highest BCUT2D eigenvalue weighted by Gasteiger charge is 2.25. The summed E-state index contributed by atoms with van der Waals surface area (Å²) in [6, 6.07) is 7.82. The van der Waals surface area contributed by atoms with Crippen molar-refractivity contribution in [2.75, 3.05) is 26.8 Å². The van der Waals surface area contributed by atoms with Crippen molar-refractivity contribution in [2.24, 2.45) is 5.92 Å². The first-order valence-electron chi connectivity index (χ1n) is 10.3. The molecule has 5 nitrogen and oxygen atoms in total. The third-order valence-electron chi connectivity index (χ3n) is 5.47. The fourth-order valence-electron chi connectivity index (χ4n) is 3.68. The van der Waals surface area contributed by atoms with E-state index in [0.29, 0.717) is 18.0 Å². The number of imidazole rings is 1. The first kappa shape index (κ1) is 20.6. The van der Waals surface area contributed by atoms with Gasteiger partial charge in [-0.25, -0.2) is 4.98 Å². The van der Waals surface area contributed by atoms with Crippen LogP contribution in [0.15, 0.2) is 30.5 Å². The van der Waals surface area contributed by atoms with E-state index in [2.05, 4.69) is 31.5 Å². The quantitative estimate of drug-likeness (QED) is 0.770. The van der Waals surface area contributed by atoms with Crippen LogP contribution in [-0.2, 0) is 16.7 Å². The van der Waals surface area contributed by atoms with E-state index in [0.717, 1.165) is 49.7 Å². The minimum absolute atomic E-state index is 0.0424. The minimum Gasteiger partial charge on any atom is -0.381 e. The lowest BCUT2D eigenvalue weighted by Crippen LogP contribution is -2.26. The Labute approximate surface area is 168 Å².